The fraction of sp³-hybridized carbons (Fsp3) is 0.917. The third-order valence-corrected chi connectivity index (χ3v) is 3.70. The van der Waals surface area contributed by atoms with Crippen LogP contribution in [-0.4, -0.2) is 97.9 Å². The molecule has 0 aromatic rings. The smallest absolute Gasteiger partial charge is 0.248 e. The van der Waals surface area contributed by atoms with Crippen LogP contribution in [0.2, 0.25) is 0 Å². The fourth-order valence-corrected chi connectivity index (χ4v) is 2.34. The van der Waals surface area contributed by atoms with Crippen molar-refractivity contribution in [2.75, 3.05) is 66.1 Å². The van der Waals surface area contributed by atoms with Crippen molar-refractivity contribution >= 4 is 5.91 Å². The topological polar surface area (TPSA) is 56.3 Å². The van der Waals surface area contributed by atoms with Crippen molar-refractivity contribution in [1.82, 2.24) is 14.7 Å². The summed E-state index contributed by atoms with van der Waals surface area (Å²) in [6, 6.07) is 0. The molecule has 0 aliphatic carbocycles. The molecule has 0 radical (unpaired) electrons. The summed E-state index contributed by atoms with van der Waals surface area (Å²) < 4.78 is 5.21. The summed E-state index contributed by atoms with van der Waals surface area (Å²) in [5.74, 6) is 0.0360. The molecule has 2 aliphatic heterocycles. The van der Waals surface area contributed by atoms with Crippen molar-refractivity contribution < 1.29 is 14.6 Å². The summed E-state index contributed by atoms with van der Waals surface area (Å²) >= 11 is 0. The van der Waals surface area contributed by atoms with Gasteiger partial charge < -0.3 is 19.6 Å². The standard InChI is InChI=1S/C12H23N3O3/c1-13-2-4-14(5-3-13)6-7-15-8-11(9-16)18-10-12(15)17/h11,16H,2-10H2,1H3. The molecule has 18 heavy (non-hydrogen) atoms. The number of aliphatic hydroxyl groups is 1. The molecule has 2 fully saturated rings. The van der Waals surface area contributed by atoms with Gasteiger partial charge in [0, 0.05) is 45.8 Å². The molecule has 6 heteroatoms. The van der Waals surface area contributed by atoms with Crippen LogP contribution in [0.25, 0.3) is 0 Å². The number of amides is 1. The van der Waals surface area contributed by atoms with Gasteiger partial charge in [0.05, 0.1) is 12.7 Å². The van der Waals surface area contributed by atoms with E-state index in [-0.39, 0.29) is 25.2 Å². The Morgan fingerprint density at radius 2 is 2.00 bits per heavy atom. The van der Waals surface area contributed by atoms with E-state index in [4.69, 9.17) is 9.84 Å². The molecule has 1 N–H and O–H groups in total. The van der Waals surface area contributed by atoms with Crippen LogP contribution in [-0.2, 0) is 9.53 Å². The molecular formula is C12H23N3O3. The average Bonchev–Trinajstić information content (AvgIpc) is 2.40. The highest BCUT2D eigenvalue weighted by Crippen LogP contribution is 2.07. The van der Waals surface area contributed by atoms with Crippen molar-refractivity contribution in [3.63, 3.8) is 0 Å². The SMILES string of the molecule is CN1CCN(CCN2CC(CO)OCC2=O)CC1. The first-order chi connectivity index (χ1) is 8.69. The molecule has 0 aromatic carbocycles. The predicted molar refractivity (Wildman–Crippen MR) is 67.3 cm³/mol. The Bertz CT molecular complexity index is 280. The Morgan fingerprint density at radius 3 is 2.67 bits per heavy atom. The van der Waals surface area contributed by atoms with Crippen molar-refractivity contribution in [2.45, 2.75) is 6.10 Å². The van der Waals surface area contributed by atoms with Gasteiger partial charge in [-0.05, 0) is 7.05 Å². The van der Waals surface area contributed by atoms with Crippen molar-refractivity contribution in [1.29, 1.82) is 0 Å². The van der Waals surface area contributed by atoms with Crippen LogP contribution in [0.3, 0.4) is 0 Å². The molecule has 0 aromatic heterocycles. The van der Waals surface area contributed by atoms with Crippen LogP contribution in [0, 0.1) is 0 Å². The van der Waals surface area contributed by atoms with Crippen LogP contribution in [0.15, 0.2) is 0 Å². The number of nitrogens with zero attached hydrogens (tertiary/aromatic N) is 3. The summed E-state index contributed by atoms with van der Waals surface area (Å²) in [6.07, 6.45) is -0.213. The van der Waals surface area contributed by atoms with Gasteiger partial charge in [-0.25, -0.2) is 0 Å². The molecule has 2 rings (SSSR count). The molecule has 2 saturated heterocycles. The van der Waals surface area contributed by atoms with Crippen LogP contribution in [0.4, 0.5) is 0 Å². The van der Waals surface area contributed by atoms with E-state index >= 15 is 0 Å². The first-order valence-corrected chi connectivity index (χ1v) is 6.60. The highest BCUT2D eigenvalue weighted by Gasteiger charge is 2.26. The van der Waals surface area contributed by atoms with E-state index in [1.54, 1.807) is 0 Å². The van der Waals surface area contributed by atoms with E-state index in [2.05, 4.69) is 16.8 Å². The van der Waals surface area contributed by atoms with Gasteiger partial charge >= 0.3 is 0 Å². The van der Waals surface area contributed by atoms with Crippen LogP contribution >= 0.6 is 0 Å². The Hall–Kier alpha value is -0.690. The highest BCUT2D eigenvalue weighted by atomic mass is 16.5. The number of aliphatic hydroxyl groups excluding tert-OH is 1. The van der Waals surface area contributed by atoms with Gasteiger partial charge in [-0.2, -0.15) is 0 Å². The highest BCUT2D eigenvalue weighted by molar-refractivity contribution is 5.78. The number of hydrogen-bond acceptors (Lipinski definition) is 5. The van der Waals surface area contributed by atoms with E-state index in [0.29, 0.717) is 6.54 Å². The van der Waals surface area contributed by atoms with E-state index in [0.717, 1.165) is 39.3 Å². The van der Waals surface area contributed by atoms with Crippen LogP contribution in [0.5, 0.6) is 0 Å². The number of likely N-dealkylation sites (N-methyl/N-ethyl adjacent to an activating group) is 1. The minimum atomic E-state index is -0.213. The van der Waals surface area contributed by atoms with Crippen molar-refractivity contribution in [2.24, 2.45) is 0 Å². The number of morpholine rings is 1. The zero-order valence-corrected chi connectivity index (χ0v) is 11.0. The molecule has 2 heterocycles. The summed E-state index contributed by atoms with van der Waals surface area (Å²) in [6.45, 7) is 6.58. The molecule has 0 spiro atoms. The second kappa shape index (κ2) is 6.47. The lowest BCUT2D eigenvalue weighted by molar-refractivity contribution is -0.151. The van der Waals surface area contributed by atoms with Gasteiger partial charge in [-0.3, -0.25) is 9.69 Å². The summed E-state index contributed by atoms with van der Waals surface area (Å²) in [7, 11) is 2.13. The van der Waals surface area contributed by atoms with Gasteiger partial charge in [0.2, 0.25) is 5.91 Å². The summed E-state index contributed by atoms with van der Waals surface area (Å²) in [4.78, 5) is 18.2. The van der Waals surface area contributed by atoms with Crippen LogP contribution < -0.4 is 0 Å². The number of carbonyl (C=O) groups is 1. The Kier molecular flexibility index (Phi) is 4.94. The molecule has 0 bridgehead atoms. The van der Waals surface area contributed by atoms with Crippen molar-refractivity contribution in [3.8, 4) is 0 Å². The van der Waals surface area contributed by atoms with Gasteiger partial charge in [0.25, 0.3) is 0 Å². The third-order valence-electron chi connectivity index (χ3n) is 3.70. The van der Waals surface area contributed by atoms with Gasteiger partial charge in [0.15, 0.2) is 0 Å². The summed E-state index contributed by atoms with van der Waals surface area (Å²) in [5.41, 5.74) is 0. The lowest BCUT2D eigenvalue weighted by Crippen LogP contribution is -2.52. The van der Waals surface area contributed by atoms with E-state index < -0.39 is 0 Å². The fourth-order valence-electron chi connectivity index (χ4n) is 2.34. The molecule has 104 valence electrons. The maximum atomic E-state index is 11.7. The quantitative estimate of drug-likeness (QED) is 0.661. The minimum Gasteiger partial charge on any atom is -0.394 e. The number of piperazine rings is 1. The van der Waals surface area contributed by atoms with Crippen LogP contribution in [0.1, 0.15) is 0 Å². The number of carbonyl (C=O) groups excluding carboxylic acids is 1. The maximum Gasteiger partial charge on any atom is 0.248 e. The zero-order chi connectivity index (χ0) is 13.0. The van der Waals surface area contributed by atoms with E-state index in [1.165, 1.54) is 0 Å². The molecule has 1 unspecified atom stereocenters. The Balaban J connectivity index is 1.73. The zero-order valence-electron chi connectivity index (χ0n) is 11.0. The van der Waals surface area contributed by atoms with E-state index in [9.17, 15) is 4.79 Å². The third kappa shape index (κ3) is 3.65. The largest absolute Gasteiger partial charge is 0.394 e. The normalized spacial score (nSPS) is 27.8. The lowest BCUT2D eigenvalue weighted by atomic mass is 10.2. The first kappa shape index (κ1) is 13.7. The Labute approximate surface area is 108 Å². The minimum absolute atomic E-state index is 0.0156. The molecule has 2 aliphatic rings. The van der Waals surface area contributed by atoms with Gasteiger partial charge in [0.1, 0.15) is 6.61 Å². The second-order valence-corrected chi connectivity index (χ2v) is 5.10. The first-order valence-electron chi connectivity index (χ1n) is 6.60. The molecule has 1 amide bonds. The van der Waals surface area contributed by atoms with Crippen molar-refractivity contribution in [3.05, 3.63) is 0 Å². The molecular weight excluding hydrogens is 234 g/mol. The number of ether oxygens (including phenoxy) is 1. The second-order valence-electron chi connectivity index (χ2n) is 5.10. The molecule has 1 atom stereocenters. The maximum absolute atomic E-state index is 11.7. The summed E-state index contributed by atoms with van der Waals surface area (Å²) in [5, 5.41) is 9.06. The Morgan fingerprint density at radius 1 is 1.28 bits per heavy atom. The monoisotopic (exact) mass is 257 g/mol. The van der Waals surface area contributed by atoms with Gasteiger partial charge in [-0.1, -0.05) is 0 Å². The number of hydrogen-bond donors (Lipinski definition) is 1. The molecule has 0 saturated carbocycles. The molecule has 6 nitrogen and oxygen atoms in total. The lowest BCUT2D eigenvalue weighted by Gasteiger charge is -2.36. The van der Waals surface area contributed by atoms with Gasteiger partial charge in [-0.15, -0.1) is 0 Å². The predicted octanol–water partition coefficient (Wildman–Crippen LogP) is -1.55. The average molecular weight is 257 g/mol. The van der Waals surface area contributed by atoms with E-state index in [1.807, 2.05) is 4.90 Å². The number of rotatable bonds is 4.